The van der Waals surface area contributed by atoms with Crippen LogP contribution in [0.15, 0.2) is 10.6 Å². The van der Waals surface area contributed by atoms with Crippen LogP contribution in [0.5, 0.6) is 0 Å². The SMILES string of the molecule is CNC(C)(C)C(=O)Nc1cc(C(C)(C)C)on1. The van der Waals surface area contributed by atoms with Crippen LogP contribution in [-0.4, -0.2) is 23.7 Å². The lowest BCUT2D eigenvalue weighted by Crippen LogP contribution is -2.47. The van der Waals surface area contributed by atoms with Gasteiger partial charge < -0.3 is 15.2 Å². The molecule has 0 saturated carbocycles. The molecule has 0 bridgehead atoms. The Morgan fingerprint density at radius 3 is 2.29 bits per heavy atom. The van der Waals surface area contributed by atoms with Crippen LogP contribution in [0.3, 0.4) is 0 Å². The third-order valence-corrected chi connectivity index (χ3v) is 2.68. The predicted octanol–water partition coefficient (Wildman–Crippen LogP) is 1.91. The summed E-state index contributed by atoms with van der Waals surface area (Å²) < 4.78 is 5.19. The summed E-state index contributed by atoms with van der Waals surface area (Å²) >= 11 is 0. The first-order valence-electron chi connectivity index (χ1n) is 5.64. The van der Waals surface area contributed by atoms with Gasteiger partial charge in [-0.15, -0.1) is 0 Å². The highest BCUT2D eigenvalue weighted by molar-refractivity contribution is 5.96. The fourth-order valence-corrected chi connectivity index (χ4v) is 1.07. The molecule has 0 aliphatic carbocycles. The largest absolute Gasteiger partial charge is 0.359 e. The van der Waals surface area contributed by atoms with Crippen molar-refractivity contribution in [3.05, 3.63) is 11.8 Å². The van der Waals surface area contributed by atoms with Gasteiger partial charge in [-0.2, -0.15) is 0 Å². The van der Waals surface area contributed by atoms with Gasteiger partial charge in [-0.1, -0.05) is 25.9 Å². The maximum absolute atomic E-state index is 11.9. The molecule has 0 aliphatic heterocycles. The predicted molar refractivity (Wildman–Crippen MR) is 67.0 cm³/mol. The van der Waals surface area contributed by atoms with Crippen LogP contribution in [0.1, 0.15) is 40.4 Å². The van der Waals surface area contributed by atoms with Gasteiger partial charge in [0, 0.05) is 11.5 Å². The fourth-order valence-electron chi connectivity index (χ4n) is 1.07. The zero-order valence-electron chi connectivity index (χ0n) is 11.3. The van der Waals surface area contributed by atoms with E-state index in [-0.39, 0.29) is 11.3 Å². The van der Waals surface area contributed by atoms with Crippen molar-refractivity contribution in [1.82, 2.24) is 10.5 Å². The van der Waals surface area contributed by atoms with Crippen molar-refractivity contribution >= 4 is 11.7 Å². The van der Waals surface area contributed by atoms with Crippen LogP contribution in [-0.2, 0) is 10.2 Å². The monoisotopic (exact) mass is 239 g/mol. The van der Waals surface area contributed by atoms with Gasteiger partial charge in [-0.05, 0) is 20.9 Å². The van der Waals surface area contributed by atoms with Gasteiger partial charge in [0.25, 0.3) is 0 Å². The van der Waals surface area contributed by atoms with E-state index in [1.165, 1.54) is 0 Å². The van der Waals surface area contributed by atoms with E-state index in [1.54, 1.807) is 27.0 Å². The molecule has 1 heterocycles. The molecule has 1 aromatic rings. The number of likely N-dealkylation sites (N-methyl/N-ethyl adjacent to an activating group) is 1. The Labute approximate surface area is 102 Å². The lowest BCUT2D eigenvalue weighted by molar-refractivity contribution is -0.121. The molecular weight excluding hydrogens is 218 g/mol. The van der Waals surface area contributed by atoms with E-state index in [4.69, 9.17) is 4.52 Å². The highest BCUT2D eigenvalue weighted by Crippen LogP contribution is 2.24. The molecule has 1 rings (SSSR count). The van der Waals surface area contributed by atoms with Crippen molar-refractivity contribution in [3.63, 3.8) is 0 Å². The second-order valence-corrected chi connectivity index (χ2v) is 5.66. The Morgan fingerprint density at radius 1 is 1.29 bits per heavy atom. The fraction of sp³-hybridized carbons (Fsp3) is 0.667. The smallest absolute Gasteiger partial charge is 0.245 e. The molecule has 0 atom stereocenters. The summed E-state index contributed by atoms with van der Waals surface area (Å²) in [5, 5.41) is 9.48. The van der Waals surface area contributed by atoms with E-state index >= 15 is 0 Å². The van der Waals surface area contributed by atoms with Crippen LogP contribution in [0.4, 0.5) is 5.82 Å². The molecule has 96 valence electrons. The summed E-state index contributed by atoms with van der Waals surface area (Å²) in [7, 11) is 1.74. The molecule has 1 aromatic heterocycles. The Morgan fingerprint density at radius 2 is 1.88 bits per heavy atom. The second kappa shape index (κ2) is 4.49. The maximum atomic E-state index is 11.9. The van der Waals surface area contributed by atoms with Crippen molar-refractivity contribution < 1.29 is 9.32 Å². The zero-order chi connectivity index (χ0) is 13.3. The molecule has 0 spiro atoms. The van der Waals surface area contributed by atoms with Gasteiger partial charge >= 0.3 is 0 Å². The lowest BCUT2D eigenvalue weighted by Gasteiger charge is -2.21. The molecule has 1 amide bonds. The van der Waals surface area contributed by atoms with Gasteiger partial charge in [-0.3, -0.25) is 4.79 Å². The third kappa shape index (κ3) is 3.30. The normalized spacial score (nSPS) is 12.6. The molecule has 17 heavy (non-hydrogen) atoms. The first-order valence-corrected chi connectivity index (χ1v) is 5.64. The van der Waals surface area contributed by atoms with Crippen molar-refractivity contribution in [2.45, 2.75) is 45.6 Å². The molecular formula is C12H21N3O2. The standard InChI is InChI=1S/C12H21N3O2/c1-11(2,3)8-7-9(15-17-8)14-10(16)12(4,5)13-6/h7,13H,1-6H3,(H,14,15,16). The summed E-state index contributed by atoms with van der Waals surface area (Å²) in [6.45, 7) is 9.67. The lowest BCUT2D eigenvalue weighted by atomic mass is 9.93. The highest BCUT2D eigenvalue weighted by atomic mass is 16.5. The Hall–Kier alpha value is -1.36. The summed E-state index contributed by atoms with van der Waals surface area (Å²) in [5.41, 5.74) is -0.755. The van der Waals surface area contributed by atoms with E-state index in [0.717, 1.165) is 5.76 Å². The number of hydrogen-bond donors (Lipinski definition) is 2. The number of hydrogen-bond acceptors (Lipinski definition) is 4. The molecule has 0 fully saturated rings. The third-order valence-electron chi connectivity index (χ3n) is 2.68. The van der Waals surface area contributed by atoms with Crippen molar-refractivity contribution in [2.75, 3.05) is 12.4 Å². The number of nitrogens with zero attached hydrogens (tertiary/aromatic N) is 1. The number of amides is 1. The number of carbonyl (C=O) groups is 1. The first kappa shape index (κ1) is 13.7. The number of aromatic nitrogens is 1. The van der Waals surface area contributed by atoms with E-state index in [1.807, 2.05) is 20.8 Å². The van der Waals surface area contributed by atoms with Crippen molar-refractivity contribution in [1.29, 1.82) is 0 Å². The molecule has 0 radical (unpaired) electrons. The van der Waals surface area contributed by atoms with Crippen molar-refractivity contribution in [3.8, 4) is 0 Å². The van der Waals surface area contributed by atoms with Gasteiger partial charge in [-0.25, -0.2) is 0 Å². The summed E-state index contributed by atoms with van der Waals surface area (Å²) in [6.07, 6.45) is 0. The van der Waals surface area contributed by atoms with E-state index in [0.29, 0.717) is 5.82 Å². The maximum Gasteiger partial charge on any atom is 0.245 e. The van der Waals surface area contributed by atoms with E-state index in [2.05, 4.69) is 15.8 Å². The highest BCUT2D eigenvalue weighted by Gasteiger charge is 2.27. The minimum absolute atomic E-state index is 0.117. The number of nitrogens with one attached hydrogen (secondary N) is 2. The van der Waals surface area contributed by atoms with Gasteiger partial charge in [0.1, 0.15) is 5.76 Å². The first-order chi connectivity index (χ1) is 7.66. The van der Waals surface area contributed by atoms with Gasteiger partial charge in [0.2, 0.25) is 5.91 Å². The molecule has 0 aliphatic rings. The molecule has 0 unspecified atom stereocenters. The van der Waals surface area contributed by atoms with Crippen LogP contribution in [0.2, 0.25) is 0 Å². The van der Waals surface area contributed by atoms with Crippen molar-refractivity contribution in [2.24, 2.45) is 0 Å². The second-order valence-electron chi connectivity index (χ2n) is 5.66. The minimum atomic E-state index is -0.638. The molecule has 0 saturated heterocycles. The summed E-state index contributed by atoms with van der Waals surface area (Å²) in [4.78, 5) is 11.9. The van der Waals surface area contributed by atoms with Gasteiger partial charge in [0.15, 0.2) is 5.82 Å². The number of carbonyl (C=O) groups excluding carboxylic acids is 1. The van der Waals surface area contributed by atoms with E-state index in [9.17, 15) is 4.79 Å². The van der Waals surface area contributed by atoms with E-state index < -0.39 is 5.54 Å². The average molecular weight is 239 g/mol. The van der Waals surface area contributed by atoms with Gasteiger partial charge in [0.05, 0.1) is 5.54 Å². The van der Waals surface area contributed by atoms with Crippen LogP contribution >= 0.6 is 0 Å². The molecule has 5 heteroatoms. The molecule has 5 nitrogen and oxygen atoms in total. The summed E-state index contributed by atoms with van der Waals surface area (Å²) in [5.74, 6) is 1.05. The van der Waals surface area contributed by atoms with Crippen LogP contribution in [0, 0.1) is 0 Å². The minimum Gasteiger partial charge on any atom is -0.359 e. The topological polar surface area (TPSA) is 67.2 Å². The molecule has 0 aromatic carbocycles. The zero-order valence-corrected chi connectivity index (χ0v) is 11.3. The quantitative estimate of drug-likeness (QED) is 0.845. The summed E-state index contributed by atoms with van der Waals surface area (Å²) in [6, 6.07) is 1.75. The van der Waals surface area contributed by atoms with Crippen LogP contribution < -0.4 is 10.6 Å². The Kier molecular flexibility index (Phi) is 3.62. The molecule has 2 N–H and O–H groups in total. The van der Waals surface area contributed by atoms with Crippen LogP contribution in [0.25, 0.3) is 0 Å². The Balaban J connectivity index is 2.77. The number of anilines is 1. The average Bonchev–Trinajstić information content (AvgIpc) is 2.65. The Bertz CT molecular complexity index is 402. The number of rotatable bonds is 3.